The smallest absolute Gasteiger partial charge is 0.337 e. The van der Waals surface area contributed by atoms with E-state index in [1.54, 1.807) is 6.92 Å². The zero-order valence-electron chi connectivity index (χ0n) is 14.4. The molecule has 0 aliphatic carbocycles. The fraction of sp³-hybridized carbons (Fsp3) is 0.444. The summed E-state index contributed by atoms with van der Waals surface area (Å²) in [7, 11) is 1.26. The molecule has 7 nitrogen and oxygen atoms in total. The first-order valence-corrected chi connectivity index (χ1v) is 8.15. The zero-order chi connectivity index (χ0) is 18.1. The predicted molar refractivity (Wildman–Crippen MR) is 92.1 cm³/mol. The number of hydrogen-bond donors (Lipinski definition) is 1. The first kappa shape index (κ1) is 17.4. The van der Waals surface area contributed by atoms with Gasteiger partial charge in [-0.25, -0.2) is 4.79 Å². The van der Waals surface area contributed by atoms with Gasteiger partial charge < -0.3 is 23.9 Å². The van der Waals surface area contributed by atoms with Crippen molar-refractivity contribution in [3.05, 3.63) is 39.5 Å². The number of morpholine rings is 1. The molecule has 0 saturated carbocycles. The molecule has 1 aliphatic heterocycles. The number of esters is 1. The Bertz CT molecular complexity index is 857. The van der Waals surface area contributed by atoms with Crippen molar-refractivity contribution in [2.75, 3.05) is 31.7 Å². The Hall–Kier alpha value is -2.38. The lowest BCUT2D eigenvalue weighted by Crippen LogP contribution is -2.41. The van der Waals surface area contributed by atoms with Crippen LogP contribution in [-0.4, -0.2) is 44.0 Å². The van der Waals surface area contributed by atoms with Gasteiger partial charge in [0.25, 0.3) is 0 Å². The molecule has 2 heterocycles. The van der Waals surface area contributed by atoms with E-state index in [1.165, 1.54) is 25.3 Å². The monoisotopic (exact) mass is 347 g/mol. The maximum absolute atomic E-state index is 12.6. The lowest BCUT2D eigenvalue weighted by Gasteiger charge is -2.31. The molecule has 1 aromatic heterocycles. The highest BCUT2D eigenvalue weighted by Gasteiger charge is 2.22. The highest BCUT2D eigenvalue weighted by Crippen LogP contribution is 2.29. The van der Waals surface area contributed by atoms with Crippen molar-refractivity contribution in [1.82, 2.24) is 0 Å². The zero-order valence-corrected chi connectivity index (χ0v) is 14.4. The Morgan fingerprint density at radius 1 is 1.40 bits per heavy atom. The normalized spacial score (nSPS) is 19.0. The lowest BCUT2D eigenvalue weighted by atomic mass is 10.0. The van der Waals surface area contributed by atoms with Crippen LogP contribution in [0.5, 0.6) is 0 Å². The molecule has 3 rings (SSSR count). The van der Waals surface area contributed by atoms with Crippen molar-refractivity contribution in [2.24, 2.45) is 0 Å². The summed E-state index contributed by atoms with van der Waals surface area (Å²) in [4.78, 5) is 26.4. The van der Waals surface area contributed by atoms with Gasteiger partial charge >= 0.3 is 5.97 Å². The van der Waals surface area contributed by atoms with Crippen molar-refractivity contribution >= 4 is 22.8 Å². The average molecular weight is 347 g/mol. The molecule has 0 amide bonds. The number of aliphatic hydroxyl groups is 1. The highest BCUT2D eigenvalue weighted by molar-refractivity contribution is 5.95. The quantitative estimate of drug-likeness (QED) is 0.848. The van der Waals surface area contributed by atoms with E-state index in [2.05, 4.69) is 0 Å². The Balaban J connectivity index is 2.18. The maximum Gasteiger partial charge on any atom is 0.337 e. The van der Waals surface area contributed by atoms with Crippen molar-refractivity contribution in [3.8, 4) is 0 Å². The Morgan fingerprint density at radius 2 is 2.16 bits per heavy atom. The second kappa shape index (κ2) is 6.85. The summed E-state index contributed by atoms with van der Waals surface area (Å²) in [6.07, 6.45) is -0.873. The topological polar surface area (TPSA) is 89.2 Å². The van der Waals surface area contributed by atoms with Gasteiger partial charge in [0.2, 0.25) is 0 Å². The number of benzene rings is 1. The molecule has 2 unspecified atom stereocenters. The molecule has 25 heavy (non-hydrogen) atoms. The molecule has 1 fully saturated rings. The second-order valence-corrected chi connectivity index (χ2v) is 6.19. The number of ether oxygens (including phenoxy) is 2. The van der Waals surface area contributed by atoms with Gasteiger partial charge in [-0.2, -0.15) is 0 Å². The van der Waals surface area contributed by atoms with Crippen LogP contribution in [0.3, 0.4) is 0 Å². The predicted octanol–water partition coefficient (Wildman–Crippen LogP) is 1.86. The number of rotatable bonds is 3. The van der Waals surface area contributed by atoms with Crippen LogP contribution in [0.1, 0.15) is 35.9 Å². The minimum atomic E-state index is -0.908. The number of aliphatic hydroxyl groups excluding tert-OH is 1. The van der Waals surface area contributed by atoms with E-state index in [4.69, 9.17) is 13.9 Å². The number of methoxy groups -OCH3 is 1. The van der Waals surface area contributed by atoms with Gasteiger partial charge in [-0.05, 0) is 26.0 Å². The van der Waals surface area contributed by atoms with Crippen LogP contribution in [0.4, 0.5) is 5.88 Å². The molecule has 2 atom stereocenters. The van der Waals surface area contributed by atoms with Crippen molar-refractivity contribution in [2.45, 2.75) is 26.1 Å². The number of hydrogen-bond acceptors (Lipinski definition) is 7. The van der Waals surface area contributed by atoms with Crippen molar-refractivity contribution in [1.29, 1.82) is 0 Å². The molecule has 0 radical (unpaired) electrons. The Kier molecular flexibility index (Phi) is 4.78. The number of carbonyl (C=O) groups excluding carboxylic acids is 1. The minimum Gasteiger partial charge on any atom is -0.465 e. The number of fused-ring (bicyclic) bond motifs is 1. The third-order valence-electron chi connectivity index (χ3n) is 4.27. The molecule has 134 valence electrons. The van der Waals surface area contributed by atoms with Gasteiger partial charge in [0.15, 0.2) is 11.3 Å². The van der Waals surface area contributed by atoms with Gasteiger partial charge in [0.1, 0.15) is 5.58 Å². The van der Waals surface area contributed by atoms with E-state index in [9.17, 15) is 14.7 Å². The maximum atomic E-state index is 12.6. The summed E-state index contributed by atoms with van der Waals surface area (Å²) in [5.41, 5.74) is 0.580. The van der Waals surface area contributed by atoms with Crippen LogP contribution in [0.2, 0.25) is 0 Å². The summed E-state index contributed by atoms with van der Waals surface area (Å²) < 4.78 is 16.2. The molecular weight excluding hydrogens is 326 g/mol. The van der Waals surface area contributed by atoms with E-state index in [0.29, 0.717) is 31.1 Å². The summed E-state index contributed by atoms with van der Waals surface area (Å²) in [5.74, 6) is -0.144. The lowest BCUT2D eigenvalue weighted by molar-refractivity contribution is 0.0517. The van der Waals surface area contributed by atoms with Crippen molar-refractivity contribution < 1.29 is 23.8 Å². The van der Waals surface area contributed by atoms with Gasteiger partial charge in [0.05, 0.1) is 36.9 Å². The minimum absolute atomic E-state index is 0.0349. The SMILES string of the molecule is COC(=O)c1cc(C(C)O)c2oc(N3CCOC(C)C3)cc(=O)c2c1. The fourth-order valence-electron chi connectivity index (χ4n) is 2.99. The van der Waals surface area contributed by atoms with Crippen LogP contribution in [0, 0.1) is 0 Å². The summed E-state index contributed by atoms with van der Waals surface area (Å²) in [5, 5.41) is 10.3. The summed E-state index contributed by atoms with van der Waals surface area (Å²) in [6.45, 7) is 5.28. The third kappa shape index (κ3) is 3.38. The van der Waals surface area contributed by atoms with Crippen LogP contribution in [0.25, 0.3) is 11.0 Å². The molecule has 0 bridgehead atoms. The number of carbonyl (C=O) groups is 1. The molecule has 1 saturated heterocycles. The molecule has 1 aliphatic rings. The third-order valence-corrected chi connectivity index (χ3v) is 4.27. The largest absolute Gasteiger partial charge is 0.465 e. The number of anilines is 1. The first-order valence-electron chi connectivity index (χ1n) is 8.15. The van der Waals surface area contributed by atoms with E-state index in [1.807, 2.05) is 11.8 Å². The van der Waals surface area contributed by atoms with Gasteiger partial charge in [-0.1, -0.05) is 0 Å². The summed E-state index contributed by atoms with van der Waals surface area (Å²) >= 11 is 0. The second-order valence-electron chi connectivity index (χ2n) is 6.19. The van der Waals surface area contributed by atoms with Crippen LogP contribution >= 0.6 is 0 Å². The van der Waals surface area contributed by atoms with Gasteiger partial charge in [-0.15, -0.1) is 0 Å². The van der Waals surface area contributed by atoms with Crippen LogP contribution in [0.15, 0.2) is 27.4 Å². The molecule has 0 spiro atoms. The molecule has 7 heteroatoms. The van der Waals surface area contributed by atoms with E-state index < -0.39 is 12.1 Å². The molecule has 1 N–H and O–H groups in total. The average Bonchev–Trinajstić information content (AvgIpc) is 2.60. The summed E-state index contributed by atoms with van der Waals surface area (Å²) in [6, 6.07) is 4.34. The molecule has 1 aromatic carbocycles. The first-order chi connectivity index (χ1) is 11.9. The molecular formula is C18H21NO6. The van der Waals surface area contributed by atoms with Gasteiger partial charge in [0, 0.05) is 24.7 Å². The fourth-order valence-corrected chi connectivity index (χ4v) is 2.99. The Morgan fingerprint density at radius 3 is 2.80 bits per heavy atom. The van der Waals surface area contributed by atoms with Crippen LogP contribution < -0.4 is 10.3 Å². The van der Waals surface area contributed by atoms with E-state index in [-0.39, 0.29) is 28.1 Å². The van der Waals surface area contributed by atoms with E-state index >= 15 is 0 Å². The van der Waals surface area contributed by atoms with Gasteiger partial charge in [-0.3, -0.25) is 4.79 Å². The highest BCUT2D eigenvalue weighted by atomic mass is 16.5. The Labute approximate surface area is 144 Å². The molecule has 2 aromatic rings. The van der Waals surface area contributed by atoms with E-state index in [0.717, 1.165) is 0 Å². The van der Waals surface area contributed by atoms with Crippen LogP contribution in [-0.2, 0) is 9.47 Å². The number of nitrogens with zero attached hydrogens (tertiary/aromatic N) is 1. The van der Waals surface area contributed by atoms with Crippen molar-refractivity contribution in [3.63, 3.8) is 0 Å². The standard InChI is InChI=1S/C18H21NO6/c1-10-9-19(4-5-24-10)16-8-15(21)14-7-12(18(22)23-3)6-13(11(2)20)17(14)25-16/h6-8,10-11,20H,4-5,9H2,1-3H3.